The zero-order valence-electron chi connectivity index (χ0n) is 32.3. The molecule has 0 aromatic rings. The summed E-state index contributed by atoms with van der Waals surface area (Å²) >= 11 is 0. The zero-order chi connectivity index (χ0) is 35.5. The summed E-state index contributed by atoms with van der Waals surface area (Å²) in [5.41, 5.74) is 11.5. The van der Waals surface area contributed by atoms with Crippen LogP contribution in [0.1, 0.15) is 166 Å². The third-order valence-electron chi connectivity index (χ3n) is 8.41. The van der Waals surface area contributed by atoms with Gasteiger partial charge >= 0.3 is 0 Å². The van der Waals surface area contributed by atoms with Crippen LogP contribution in [0.2, 0.25) is 0 Å². The summed E-state index contributed by atoms with van der Waals surface area (Å²) < 4.78 is 28.3. The van der Waals surface area contributed by atoms with Gasteiger partial charge in [-0.1, -0.05) is 100 Å². The summed E-state index contributed by atoms with van der Waals surface area (Å²) in [6.07, 6.45) is 34.8. The molecule has 0 N–H and O–H groups in total. The van der Waals surface area contributed by atoms with Crippen molar-refractivity contribution in [1.82, 2.24) is 0 Å². The summed E-state index contributed by atoms with van der Waals surface area (Å²) in [6.45, 7) is 21.9. The Hall–Kier alpha value is -2.17. The van der Waals surface area contributed by atoms with Crippen molar-refractivity contribution in [2.24, 2.45) is 0 Å². The van der Waals surface area contributed by atoms with Gasteiger partial charge in [-0.15, -0.1) is 0 Å². The third-order valence-corrected chi connectivity index (χ3v) is 9.82. The van der Waals surface area contributed by atoms with E-state index in [4.69, 9.17) is 4.18 Å². The van der Waals surface area contributed by atoms with Crippen LogP contribution in [0.15, 0.2) is 93.2 Å². The molecule has 0 saturated carbocycles. The van der Waals surface area contributed by atoms with Gasteiger partial charge in [-0.05, 0) is 159 Å². The largest absolute Gasteiger partial charge is 0.267 e. The first-order valence-corrected chi connectivity index (χ1v) is 19.9. The molecule has 0 aliphatic carbocycles. The van der Waals surface area contributed by atoms with Crippen molar-refractivity contribution in [2.75, 3.05) is 12.4 Å². The van der Waals surface area contributed by atoms with Crippen LogP contribution in [0.5, 0.6) is 0 Å². The molecule has 0 aromatic heterocycles. The second-order valence-corrected chi connectivity index (χ2v) is 15.7. The quantitative estimate of drug-likeness (QED) is 0.0680. The van der Waals surface area contributed by atoms with Crippen molar-refractivity contribution in [1.29, 1.82) is 0 Å². The van der Waals surface area contributed by atoms with E-state index < -0.39 is 10.1 Å². The van der Waals surface area contributed by atoms with Gasteiger partial charge in [0.15, 0.2) is 0 Å². The SMILES string of the molecule is CCCS(=O)(=O)OC/C=C(\C)CCC=C(C)CCC=C(C)CCC=C(C)CCC=C(C)CCC=C(C)CCC=C(C)CCC=C(C)C. The van der Waals surface area contributed by atoms with E-state index in [0.29, 0.717) is 6.42 Å². The summed E-state index contributed by atoms with van der Waals surface area (Å²) in [4.78, 5) is 0. The standard InChI is InChI=1S/C43H72O3S/c1-11-35-47(44,45)46-34-33-43(10)32-18-31-42(9)30-17-29-41(8)28-16-27-40(7)26-15-25-39(6)24-14-23-38(5)22-13-21-37(4)20-12-19-36(2)3/h19,21,23,25,27,29,31,33H,11-18,20,22,24,26,28,30,32,34-35H2,1-10H3/b37-21?,38-23?,39-25?,40-27?,41-29?,42-31?,43-33+. The van der Waals surface area contributed by atoms with Crippen LogP contribution in [0.3, 0.4) is 0 Å². The molecule has 0 saturated heterocycles. The van der Waals surface area contributed by atoms with Gasteiger partial charge in [0.05, 0.1) is 12.4 Å². The highest BCUT2D eigenvalue weighted by atomic mass is 32.2. The van der Waals surface area contributed by atoms with Gasteiger partial charge in [0.2, 0.25) is 0 Å². The predicted octanol–water partition coefficient (Wildman–Crippen LogP) is 13.8. The lowest BCUT2D eigenvalue weighted by atomic mass is 10.0. The number of hydrogen-bond donors (Lipinski definition) is 0. The van der Waals surface area contributed by atoms with Crippen LogP contribution in [-0.4, -0.2) is 20.8 Å². The molecular weight excluding hydrogens is 597 g/mol. The third kappa shape index (κ3) is 29.7. The zero-order valence-corrected chi connectivity index (χ0v) is 33.1. The maximum absolute atomic E-state index is 11.6. The summed E-state index contributed by atoms with van der Waals surface area (Å²) in [7, 11) is -3.38. The van der Waals surface area contributed by atoms with E-state index in [1.165, 1.54) is 57.4 Å². The molecule has 0 unspecified atom stereocenters. The van der Waals surface area contributed by atoms with Crippen molar-refractivity contribution in [3.63, 3.8) is 0 Å². The molecule has 0 heterocycles. The van der Waals surface area contributed by atoms with Crippen molar-refractivity contribution in [3.05, 3.63) is 93.2 Å². The fourth-order valence-electron chi connectivity index (χ4n) is 5.17. The van der Waals surface area contributed by atoms with E-state index in [1.54, 1.807) is 0 Å². The van der Waals surface area contributed by atoms with Crippen molar-refractivity contribution in [2.45, 2.75) is 166 Å². The molecule has 4 heteroatoms. The Morgan fingerprint density at radius 2 is 0.681 bits per heavy atom. The van der Waals surface area contributed by atoms with Crippen molar-refractivity contribution < 1.29 is 12.6 Å². The van der Waals surface area contributed by atoms with Gasteiger partial charge in [0, 0.05) is 0 Å². The second kappa shape index (κ2) is 27.7. The van der Waals surface area contributed by atoms with Gasteiger partial charge in [-0.3, -0.25) is 4.18 Å². The maximum atomic E-state index is 11.6. The molecule has 0 aromatic carbocycles. The molecule has 0 amide bonds. The van der Waals surface area contributed by atoms with Crippen LogP contribution >= 0.6 is 0 Å². The minimum Gasteiger partial charge on any atom is -0.266 e. The Morgan fingerprint density at radius 3 is 0.936 bits per heavy atom. The molecule has 268 valence electrons. The van der Waals surface area contributed by atoms with E-state index in [2.05, 4.69) is 97.9 Å². The van der Waals surface area contributed by atoms with E-state index in [0.717, 1.165) is 77.0 Å². The Morgan fingerprint density at radius 1 is 0.426 bits per heavy atom. The predicted molar refractivity (Wildman–Crippen MR) is 210 cm³/mol. The lowest BCUT2D eigenvalue weighted by molar-refractivity contribution is 0.356. The highest BCUT2D eigenvalue weighted by Crippen LogP contribution is 2.17. The maximum Gasteiger partial charge on any atom is 0.267 e. The van der Waals surface area contributed by atoms with Gasteiger partial charge in [-0.2, -0.15) is 8.42 Å². The van der Waals surface area contributed by atoms with Gasteiger partial charge in [-0.25, -0.2) is 0 Å². The van der Waals surface area contributed by atoms with Crippen LogP contribution in [-0.2, 0) is 14.3 Å². The Kier molecular flexibility index (Phi) is 26.5. The molecule has 0 fully saturated rings. The van der Waals surface area contributed by atoms with E-state index in [9.17, 15) is 8.42 Å². The monoisotopic (exact) mass is 669 g/mol. The topological polar surface area (TPSA) is 43.4 Å². The van der Waals surface area contributed by atoms with Crippen LogP contribution in [0, 0.1) is 0 Å². The second-order valence-electron chi connectivity index (χ2n) is 14.0. The molecule has 0 spiro atoms. The van der Waals surface area contributed by atoms with Crippen LogP contribution in [0.4, 0.5) is 0 Å². The van der Waals surface area contributed by atoms with Gasteiger partial charge < -0.3 is 0 Å². The lowest BCUT2D eigenvalue weighted by Crippen LogP contribution is -2.09. The van der Waals surface area contributed by atoms with Crippen LogP contribution < -0.4 is 0 Å². The average molecular weight is 669 g/mol. The van der Waals surface area contributed by atoms with Crippen molar-refractivity contribution in [3.8, 4) is 0 Å². The first kappa shape index (κ1) is 44.8. The van der Waals surface area contributed by atoms with Crippen molar-refractivity contribution >= 4 is 10.1 Å². The Labute approximate surface area is 292 Å². The Bertz CT molecular complexity index is 1230. The van der Waals surface area contributed by atoms with Gasteiger partial charge in [0.1, 0.15) is 0 Å². The van der Waals surface area contributed by atoms with E-state index in [1.807, 2.05) is 19.9 Å². The molecule has 3 nitrogen and oxygen atoms in total. The fourth-order valence-corrected chi connectivity index (χ4v) is 6.06. The molecule has 47 heavy (non-hydrogen) atoms. The van der Waals surface area contributed by atoms with E-state index in [-0.39, 0.29) is 12.4 Å². The average Bonchev–Trinajstić information content (AvgIpc) is 2.97. The highest BCUT2D eigenvalue weighted by Gasteiger charge is 2.07. The normalized spacial score (nSPS) is 14.6. The summed E-state index contributed by atoms with van der Waals surface area (Å²) in [5, 5.41) is 0. The number of hydrogen-bond acceptors (Lipinski definition) is 3. The minimum atomic E-state index is -3.38. The molecule has 0 rings (SSSR count). The first-order chi connectivity index (χ1) is 22.2. The molecule has 0 radical (unpaired) electrons. The number of allylic oxidation sites excluding steroid dienone is 15. The first-order valence-electron chi connectivity index (χ1n) is 18.3. The summed E-state index contributed by atoms with van der Waals surface area (Å²) in [6, 6.07) is 0. The highest BCUT2D eigenvalue weighted by molar-refractivity contribution is 7.86. The number of rotatable bonds is 26. The van der Waals surface area contributed by atoms with Gasteiger partial charge in [0.25, 0.3) is 10.1 Å². The molecular formula is C43H72O3S. The molecule has 0 aliphatic rings. The minimum absolute atomic E-state index is 0.0825. The molecule has 0 atom stereocenters. The fraction of sp³-hybridized carbons (Fsp3) is 0.628. The molecule has 0 bridgehead atoms. The summed E-state index contributed by atoms with van der Waals surface area (Å²) in [5.74, 6) is 0.0825. The van der Waals surface area contributed by atoms with E-state index >= 15 is 0 Å². The lowest BCUT2D eigenvalue weighted by Gasteiger charge is -2.04. The molecule has 0 aliphatic heterocycles. The van der Waals surface area contributed by atoms with Crippen LogP contribution in [0.25, 0.3) is 0 Å². The smallest absolute Gasteiger partial charge is 0.266 e. The Balaban J connectivity index is 4.24.